The zero-order valence-corrected chi connectivity index (χ0v) is 9.50. The van der Waals surface area contributed by atoms with Crippen molar-refractivity contribution in [1.82, 2.24) is 0 Å². The Bertz CT molecular complexity index is 623. The molecule has 0 unspecified atom stereocenters. The average Bonchev–Trinajstić information content (AvgIpc) is 2.78. The molecule has 0 spiro atoms. The monoisotopic (exact) mass is 225 g/mol. The summed E-state index contributed by atoms with van der Waals surface area (Å²) in [6.07, 6.45) is 0. The molecule has 2 aromatic carbocycles. The Hall–Kier alpha value is -1.80. The van der Waals surface area contributed by atoms with E-state index in [9.17, 15) is 0 Å². The number of benzene rings is 2. The maximum Gasteiger partial charge on any atom is 0.0421 e. The van der Waals surface area contributed by atoms with Crippen molar-refractivity contribution in [2.45, 2.75) is 0 Å². The summed E-state index contributed by atoms with van der Waals surface area (Å²) >= 11 is 1.78. The predicted octanol–water partition coefficient (Wildman–Crippen LogP) is 4.15. The zero-order valence-electron chi connectivity index (χ0n) is 8.68. The summed E-state index contributed by atoms with van der Waals surface area (Å²) in [7, 11) is 0. The van der Waals surface area contributed by atoms with E-state index in [0.29, 0.717) is 0 Å². The number of hydrogen-bond donors (Lipinski definition) is 1. The summed E-state index contributed by atoms with van der Waals surface area (Å²) in [4.78, 5) is 0. The number of anilines is 1. The smallest absolute Gasteiger partial charge is 0.0421 e. The van der Waals surface area contributed by atoms with Crippen LogP contribution in [0.2, 0.25) is 0 Å². The molecule has 1 nitrogen and oxygen atoms in total. The van der Waals surface area contributed by atoms with Crippen LogP contribution in [0.25, 0.3) is 21.2 Å². The molecule has 3 aromatic rings. The Morgan fingerprint density at radius 1 is 0.875 bits per heavy atom. The Morgan fingerprint density at radius 3 is 2.50 bits per heavy atom. The Labute approximate surface area is 98.2 Å². The van der Waals surface area contributed by atoms with Crippen molar-refractivity contribution in [2.75, 3.05) is 5.73 Å². The van der Waals surface area contributed by atoms with Crippen LogP contribution < -0.4 is 5.73 Å². The first-order valence-electron chi connectivity index (χ1n) is 5.17. The molecular formula is C14H11NS. The quantitative estimate of drug-likeness (QED) is 0.618. The molecule has 2 heteroatoms. The van der Waals surface area contributed by atoms with Gasteiger partial charge >= 0.3 is 0 Å². The first-order valence-corrected chi connectivity index (χ1v) is 6.05. The lowest BCUT2D eigenvalue weighted by molar-refractivity contribution is 1.66. The number of fused-ring (bicyclic) bond motifs is 1. The summed E-state index contributed by atoms with van der Waals surface area (Å²) in [5, 5.41) is 3.44. The standard InChI is InChI=1S/C14H11NS/c15-12-6-4-10(5-7-12)13-3-1-2-11-8-9-16-14(11)13/h1-9H,15H2. The van der Waals surface area contributed by atoms with Crippen LogP contribution in [0.4, 0.5) is 5.69 Å². The topological polar surface area (TPSA) is 26.0 Å². The normalized spacial score (nSPS) is 10.8. The molecule has 0 aliphatic heterocycles. The molecule has 2 N–H and O–H groups in total. The second kappa shape index (κ2) is 3.65. The van der Waals surface area contributed by atoms with Gasteiger partial charge in [-0.3, -0.25) is 0 Å². The van der Waals surface area contributed by atoms with Gasteiger partial charge in [0.05, 0.1) is 0 Å². The third-order valence-corrected chi connectivity index (χ3v) is 3.66. The molecular weight excluding hydrogens is 214 g/mol. The van der Waals surface area contributed by atoms with Gasteiger partial charge in [-0.15, -0.1) is 11.3 Å². The van der Waals surface area contributed by atoms with Crippen LogP contribution in [0, 0.1) is 0 Å². The van der Waals surface area contributed by atoms with Crippen molar-refractivity contribution >= 4 is 27.1 Å². The molecule has 3 rings (SSSR count). The van der Waals surface area contributed by atoms with Gasteiger partial charge in [0.2, 0.25) is 0 Å². The van der Waals surface area contributed by atoms with E-state index in [1.54, 1.807) is 11.3 Å². The lowest BCUT2D eigenvalue weighted by Gasteiger charge is -2.03. The first-order chi connectivity index (χ1) is 7.84. The van der Waals surface area contributed by atoms with Crippen LogP contribution in [-0.2, 0) is 0 Å². The fraction of sp³-hybridized carbons (Fsp3) is 0. The number of hydrogen-bond acceptors (Lipinski definition) is 2. The lowest BCUT2D eigenvalue weighted by Crippen LogP contribution is -1.83. The second-order valence-electron chi connectivity index (χ2n) is 3.77. The van der Waals surface area contributed by atoms with E-state index in [1.165, 1.54) is 21.2 Å². The van der Waals surface area contributed by atoms with Crippen LogP contribution in [-0.4, -0.2) is 0 Å². The van der Waals surface area contributed by atoms with Crippen molar-refractivity contribution in [1.29, 1.82) is 0 Å². The summed E-state index contributed by atoms with van der Waals surface area (Å²) < 4.78 is 1.34. The maximum absolute atomic E-state index is 5.70. The van der Waals surface area contributed by atoms with Crippen molar-refractivity contribution in [3.63, 3.8) is 0 Å². The Morgan fingerprint density at radius 2 is 1.69 bits per heavy atom. The number of thiophene rings is 1. The number of nitrogen functional groups attached to an aromatic ring is 1. The van der Waals surface area contributed by atoms with Gasteiger partial charge in [0.1, 0.15) is 0 Å². The van der Waals surface area contributed by atoms with Gasteiger partial charge in [0, 0.05) is 10.4 Å². The zero-order chi connectivity index (χ0) is 11.0. The molecule has 0 aliphatic rings. The molecule has 0 saturated heterocycles. The van der Waals surface area contributed by atoms with Crippen LogP contribution in [0.3, 0.4) is 0 Å². The minimum absolute atomic E-state index is 0.808. The van der Waals surface area contributed by atoms with Gasteiger partial charge in [0.25, 0.3) is 0 Å². The van der Waals surface area contributed by atoms with Crippen molar-refractivity contribution in [3.8, 4) is 11.1 Å². The van der Waals surface area contributed by atoms with E-state index < -0.39 is 0 Å². The second-order valence-corrected chi connectivity index (χ2v) is 4.68. The molecule has 1 heterocycles. The Balaban J connectivity index is 2.25. The Kier molecular flexibility index (Phi) is 2.15. The highest BCUT2D eigenvalue weighted by Crippen LogP contribution is 2.32. The summed E-state index contributed by atoms with van der Waals surface area (Å²) in [5.74, 6) is 0. The fourth-order valence-electron chi connectivity index (χ4n) is 1.88. The molecule has 0 fully saturated rings. The van der Waals surface area contributed by atoms with E-state index in [1.807, 2.05) is 12.1 Å². The van der Waals surface area contributed by atoms with Crippen LogP contribution in [0.5, 0.6) is 0 Å². The van der Waals surface area contributed by atoms with E-state index in [4.69, 9.17) is 5.73 Å². The molecule has 0 aliphatic carbocycles. The highest BCUT2D eigenvalue weighted by molar-refractivity contribution is 7.17. The fourth-order valence-corrected chi connectivity index (χ4v) is 2.82. The number of nitrogens with two attached hydrogens (primary N) is 1. The van der Waals surface area contributed by atoms with Crippen LogP contribution in [0.1, 0.15) is 0 Å². The molecule has 1 aromatic heterocycles. The van der Waals surface area contributed by atoms with Crippen LogP contribution in [0.15, 0.2) is 53.9 Å². The lowest BCUT2D eigenvalue weighted by atomic mass is 10.0. The summed E-state index contributed by atoms with van der Waals surface area (Å²) in [5.41, 5.74) is 9.02. The van der Waals surface area contributed by atoms with Gasteiger partial charge in [-0.05, 0) is 40.1 Å². The summed E-state index contributed by atoms with van der Waals surface area (Å²) in [6, 6.07) is 16.6. The molecule has 78 valence electrons. The highest BCUT2D eigenvalue weighted by atomic mass is 32.1. The molecule has 0 saturated carbocycles. The third-order valence-electron chi connectivity index (χ3n) is 2.70. The summed E-state index contributed by atoms with van der Waals surface area (Å²) in [6.45, 7) is 0. The van der Waals surface area contributed by atoms with Crippen molar-refractivity contribution < 1.29 is 0 Å². The molecule has 0 bridgehead atoms. The molecule has 0 radical (unpaired) electrons. The van der Waals surface area contributed by atoms with Gasteiger partial charge in [-0.2, -0.15) is 0 Å². The van der Waals surface area contributed by atoms with E-state index in [0.717, 1.165) is 5.69 Å². The molecule has 0 amide bonds. The minimum atomic E-state index is 0.808. The molecule has 0 atom stereocenters. The SMILES string of the molecule is Nc1ccc(-c2cccc3ccsc23)cc1. The van der Waals surface area contributed by atoms with Gasteiger partial charge < -0.3 is 5.73 Å². The largest absolute Gasteiger partial charge is 0.399 e. The average molecular weight is 225 g/mol. The van der Waals surface area contributed by atoms with Crippen molar-refractivity contribution in [2.24, 2.45) is 0 Å². The minimum Gasteiger partial charge on any atom is -0.399 e. The maximum atomic E-state index is 5.70. The third kappa shape index (κ3) is 1.48. The van der Waals surface area contributed by atoms with Crippen LogP contribution >= 0.6 is 11.3 Å². The molecule has 16 heavy (non-hydrogen) atoms. The van der Waals surface area contributed by atoms with Gasteiger partial charge in [-0.1, -0.05) is 30.3 Å². The van der Waals surface area contributed by atoms with E-state index >= 15 is 0 Å². The van der Waals surface area contributed by atoms with Gasteiger partial charge in [-0.25, -0.2) is 0 Å². The first kappa shape index (κ1) is 9.43. The number of rotatable bonds is 1. The van der Waals surface area contributed by atoms with E-state index in [-0.39, 0.29) is 0 Å². The van der Waals surface area contributed by atoms with E-state index in [2.05, 4.69) is 41.8 Å². The predicted molar refractivity (Wildman–Crippen MR) is 71.7 cm³/mol. The van der Waals surface area contributed by atoms with Crippen molar-refractivity contribution in [3.05, 3.63) is 53.9 Å². The highest BCUT2D eigenvalue weighted by Gasteiger charge is 2.03. The van der Waals surface area contributed by atoms with Gasteiger partial charge in [0.15, 0.2) is 0 Å².